The molecule has 0 aliphatic heterocycles. The van der Waals surface area contributed by atoms with Crippen LogP contribution in [-0.4, -0.2) is 20.3 Å². The van der Waals surface area contributed by atoms with Gasteiger partial charge in [0.1, 0.15) is 0 Å². The van der Waals surface area contributed by atoms with Crippen LogP contribution >= 0.6 is 0 Å². The zero-order valence-corrected chi connectivity index (χ0v) is 20.5. The number of fused-ring (bicyclic) bond motifs is 2. The Morgan fingerprint density at radius 1 is 1.38 bits per heavy atom. The zero-order chi connectivity index (χ0) is 23.3. The first-order valence-electron chi connectivity index (χ1n) is 11.9. The van der Waals surface area contributed by atoms with Crippen molar-refractivity contribution in [2.24, 2.45) is 29.7 Å². The smallest absolute Gasteiger partial charge is 0.307 e. The number of hydrogen-bond acceptors (Lipinski definition) is 4. The molecule has 0 saturated heterocycles. The number of hydrogen-bond donors (Lipinski definition) is 1. The highest BCUT2D eigenvalue weighted by atomic mass is 16.1. The largest absolute Gasteiger partial charge is 0.380 e. The molecule has 172 valence electrons. The summed E-state index contributed by atoms with van der Waals surface area (Å²) >= 11 is 0. The van der Waals surface area contributed by atoms with Gasteiger partial charge in [0.05, 0.1) is 13.6 Å². The van der Waals surface area contributed by atoms with Crippen molar-refractivity contribution < 1.29 is 9.36 Å². The third-order valence-corrected chi connectivity index (χ3v) is 8.93. The minimum absolute atomic E-state index is 0.156. The summed E-state index contributed by atoms with van der Waals surface area (Å²) in [5.41, 5.74) is 10.8. The maximum Gasteiger partial charge on any atom is 0.307 e. The van der Waals surface area contributed by atoms with Crippen LogP contribution < -0.4 is 10.3 Å². The van der Waals surface area contributed by atoms with Gasteiger partial charge in [-0.3, -0.25) is 9.36 Å². The van der Waals surface area contributed by atoms with Crippen molar-refractivity contribution in [3.63, 3.8) is 0 Å². The second-order valence-electron chi connectivity index (χ2n) is 10.8. The van der Waals surface area contributed by atoms with Crippen molar-refractivity contribution in [3.05, 3.63) is 36.0 Å². The molecule has 6 nitrogen and oxygen atoms in total. The SMILES string of the molecule is CC(=CCn1c[n+](C)c2ncnc(N)c21)CC[C@]1(C)[C@@H](C)CC[C@@]2(C)C(C)=CC(=O)C[C@@H]12. The standard InChI is InChI=1S/C26H38N5O/c1-17(9-12-31-16-30(6)24-22(31)23(27)28-15-29-24)7-10-25(4)18(2)8-11-26(5)19(3)13-20(32)14-21(25)26/h9,13,15-16,18,21H,7-8,10-12,14H2,1-6H3,(H2,27,28,29)/q+1/t18-,21-,25+,26-/m0/s1. The normalized spacial score (nSPS) is 31.0. The molecule has 32 heavy (non-hydrogen) atoms. The predicted octanol–water partition coefficient (Wildman–Crippen LogP) is 4.54. The van der Waals surface area contributed by atoms with Gasteiger partial charge >= 0.3 is 5.65 Å². The lowest BCUT2D eigenvalue weighted by Gasteiger charge is -2.57. The highest BCUT2D eigenvalue weighted by Gasteiger charge is 2.54. The maximum atomic E-state index is 12.5. The number of rotatable bonds is 5. The van der Waals surface area contributed by atoms with Crippen LogP contribution in [0.2, 0.25) is 0 Å². The fourth-order valence-corrected chi connectivity index (χ4v) is 6.31. The van der Waals surface area contributed by atoms with E-state index < -0.39 is 0 Å². The average molecular weight is 437 g/mol. The van der Waals surface area contributed by atoms with Crippen molar-refractivity contribution in [1.29, 1.82) is 0 Å². The summed E-state index contributed by atoms with van der Waals surface area (Å²) in [5.74, 6) is 1.87. The van der Waals surface area contributed by atoms with Crippen LogP contribution in [0, 0.1) is 22.7 Å². The number of imidazole rings is 1. The molecule has 0 spiro atoms. The predicted molar refractivity (Wildman–Crippen MR) is 128 cm³/mol. The molecule has 2 aromatic heterocycles. The van der Waals surface area contributed by atoms with Crippen molar-refractivity contribution in [1.82, 2.24) is 14.5 Å². The molecule has 0 bridgehead atoms. The van der Waals surface area contributed by atoms with Crippen LogP contribution in [0.5, 0.6) is 0 Å². The van der Waals surface area contributed by atoms with Crippen molar-refractivity contribution in [3.8, 4) is 0 Å². The molecule has 1 fully saturated rings. The van der Waals surface area contributed by atoms with Gasteiger partial charge in [-0.25, -0.2) is 4.57 Å². The molecule has 0 aromatic carbocycles. The van der Waals surface area contributed by atoms with Crippen molar-refractivity contribution in [2.75, 3.05) is 5.73 Å². The summed E-state index contributed by atoms with van der Waals surface area (Å²) in [6.45, 7) is 12.4. The minimum atomic E-state index is 0.156. The second kappa shape index (κ2) is 8.13. The van der Waals surface area contributed by atoms with Crippen LogP contribution in [0.25, 0.3) is 11.2 Å². The Kier molecular flexibility index (Phi) is 5.76. The molecular weight excluding hydrogens is 398 g/mol. The summed E-state index contributed by atoms with van der Waals surface area (Å²) in [5, 5.41) is 0. The fourth-order valence-electron chi connectivity index (χ4n) is 6.31. The molecule has 2 N–H and O–H groups in total. The van der Waals surface area contributed by atoms with Crippen LogP contribution in [-0.2, 0) is 18.4 Å². The monoisotopic (exact) mass is 436 g/mol. The molecule has 1 saturated carbocycles. The molecule has 4 rings (SSSR count). The molecule has 0 amide bonds. The Labute approximate surface area is 191 Å². The van der Waals surface area contributed by atoms with E-state index in [4.69, 9.17) is 5.73 Å². The number of ketones is 1. The Balaban J connectivity index is 1.52. The molecule has 0 unspecified atom stereocenters. The number of allylic oxidation sites excluding steroid dienone is 4. The average Bonchev–Trinajstić information content (AvgIpc) is 3.07. The second-order valence-corrected chi connectivity index (χ2v) is 10.8. The number of nitrogen functional groups attached to an aromatic ring is 1. The molecule has 0 radical (unpaired) electrons. The van der Waals surface area contributed by atoms with Gasteiger partial charge < -0.3 is 5.73 Å². The number of carbonyl (C=O) groups excluding carboxylic acids is 1. The van der Waals surface area contributed by atoms with Gasteiger partial charge in [-0.2, -0.15) is 4.98 Å². The highest BCUT2D eigenvalue weighted by Crippen LogP contribution is 2.61. The number of aromatic nitrogens is 4. The lowest BCUT2D eigenvalue weighted by atomic mass is 9.47. The van der Waals surface area contributed by atoms with Gasteiger partial charge in [0, 0.05) is 6.42 Å². The van der Waals surface area contributed by atoms with Gasteiger partial charge in [-0.1, -0.05) is 43.0 Å². The number of nitrogens with zero attached hydrogens (tertiary/aromatic N) is 4. The molecule has 2 heterocycles. The number of carbonyl (C=O) groups is 1. The topological polar surface area (TPSA) is 77.7 Å². The zero-order valence-electron chi connectivity index (χ0n) is 20.5. The summed E-state index contributed by atoms with van der Waals surface area (Å²) in [6, 6.07) is 0. The first-order valence-corrected chi connectivity index (χ1v) is 11.9. The van der Waals surface area contributed by atoms with Crippen LogP contribution in [0.3, 0.4) is 0 Å². The Morgan fingerprint density at radius 2 is 2.12 bits per heavy atom. The first kappa shape index (κ1) is 22.7. The van der Waals surface area contributed by atoms with Gasteiger partial charge in [0.25, 0.3) is 0 Å². The van der Waals surface area contributed by atoms with E-state index in [1.54, 1.807) is 0 Å². The summed E-state index contributed by atoms with van der Waals surface area (Å²) < 4.78 is 4.10. The van der Waals surface area contributed by atoms with E-state index in [2.05, 4.69) is 55.2 Å². The number of nitrogens with two attached hydrogens (primary N) is 1. The fraction of sp³-hybridized carbons (Fsp3) is 0.615. The Bertz CT molecular complexity index is 1110. The van der Waals surface area contributed by atoms with Gasteiger partial charge in [0.15, 0.2) is 24.3 Å². The van der Waals surface area contributed by atoms with E-state index >= 15 is 0 Å². The Morgan fingerprint density at radius 3 is 2.88 bits per heavy atom. The van der Waals surface area contributed by atoms with E-state index in [1.807, 2.05) is 24.0 Å². The lowest BCUT2D eigenvalue weighted by Crippen LogP contribution is -2.50. The molecule has 4 atom stereocenters. The third-order valence-electron chi connectivity index (χ3n) is 8.93. The van der Waals surface area contributed by atoms with Gasteiger partial charge in [-0.05, 0) is 68.3 Å². The van der Waals surface area contributed by atoms with E-state index in [0.717, 1.165) is 30.6 Å². The summed E-state index contributed by atoms with van der Waals surface area (Å²) in [6.07, 6.45) is 13.0. The molecular formula is C26H38N5O+. The van der Waals surface area contributed by atoms with Crippen molar-refractivity contribution in [2.45, 2.75) is 73.3 Å². The maximum absolute atomic E-state index is 12.5. The van der Waals surface area contributed by atoms with E-state index in [0.29, 0.717) is 29.9 Å². The lowest BCUT2D eigenvalue weighted by molar-refractivity contribution is -0.647. The van der Waals surface area contributed by atoms with Gasteiger partial charge in [-0.15, -0.1) is 0 Å². The van der Waals surface area contributed by atoms with E-state index in [1.165, 1.54) is 30.3 Å². The molecule has 2 aliphatic rings. The van der Waals surface area contributed by atoms with Crippen molar-refractivity contribution >= 4 is 22.8 Å². The quantitative estimate of drug-likeness (QED) is 0.551. The third kappa shape index (κ3) is 3.67. The van der Waals surface area contributed by atoms with Crippen LogP contribution in [0.15, 0.2) is 36.0 Å². The minimum Gasteiger partial charge on any atom is -0.380 e. The van der Waals surface area contributed by atoms with E-state index in [-0.39, 0.29) is 10.8 Å². The number of anilines is 1. The molecule has 2 aliphatic carbocycles. The molecule has 2 aromatic rings. The summed E-state index contributed by atoms with van der Waals surface area (Å²) in [4.78, 5) is 21.0. The molecule has 6 heteroatoms. The van der Waals surface area contributed by atoms with E-state index in [9.17, 15) is 4.79 Å². The summed E-state index contributed by atoms with van der Waals surface area (Å²) in [7, 11) is 1.98. The van der Waals surface area contributed by atoms with Crippen LogP contribution in [0.4, 0.5) is 5.82 Å². The first-order chi connectivity index (χ1) is 15.1. The highest BCUT2D eigenvalue weighted by molar-refractivity contribution is 5.92. The van der Waals surface area contributed by atoms with Crippen LogP contribution in [0.1, 0.15) is 66.7 Å². The number of aryl methyl sites for hydroxylation is 1. The van der Waals surface area contributed by atoms with Gasteiger partial charge in [0.2, 0.25) is 5.52 Å². The Hall–Kier alpha value is -2.50.